The van der Waals surface area contributed by atoms with Gasteiger partial charge < -0.3 is 15.0 Å². The summed E-state index contributed by atoms with van der Waals surface area (Å²) in [5, 5.41) is 3.96. The number of ether oxygens (including phenoxy) is 1. The van der Waals surface area contributed by atoms with E-state index in [-0.39, 0.29) is 0 Å². The Morgan fingerprint density at radius 2 is 1.65 bits per heavy atom. The molecule has 20 heavy (non-hydrogen) atoms. The minimum absolute atomic E-state index is 0.760. The summed E-state index contributed by atoms with van der Waals surface area (Å²) >= 11 is 0. The molecule has 2 unspecified atom stereocenters. The number of rotatable bonds is 6. The normalized spacial score (nSPS) is 33.5. The zero-order valence-electron chi connectivity index (χ0n) is 13.7. The topological polar surface area (TPSA) is 24.5 Å². The lowest BCUT2D eigenvalue weighted by Crippen LogP contribution is -2.48. The molecule has 3 heteroatoms. The van der Waals surface area contributed by atoms with Crippen molar-refractivity contribution in [3.63, 3.8) is 0 Å². The van der Waals surface area contributed by atoms with Gasteiger partial charge in [0.05, 0.1) is 0 Å². The van der Waals surface area contributed by atoms with E-state index in [1.807, 2.05) is 0 Å². The van der Waals surface area contributed by atoms with Crippen molar-refractivity contribution < 1.29 is 4.74 Å². The number of nitrogens with zero attached hydrogens (tertiary/aromatic N) is 1. The first kappa shape index (κ1) is 16.3. The minimum Gasteiger partial charge on any atom is -0.385 e. The molecule has 3 nitrogen and oxygen atoms in total. The van der Waals surface area contributed by atoms with E-state index in [4.69, 9.17) is 4.74 Å². The molecule has 2 fully saturated rings. The first-order chi connectivity index (χ1) is 9.67. The predicted octanol–water partition coefficient (Wildman–Crippen LogP) is 2.90. The van der Waals surface area contributed by atoms with E-state index in [2.05, 4.69) is 24.1 Å². The van der Waals surface area contributed by atoms with Crippen molar-refractivity contribution >= 4 is 0 Å². The van der Waals surface area contributed by atoms with Gasteiger partial charge in [-0.25, -0.2) is 0 Å². The molecule has 1 aliphatic carbocycles. The van der Waals surface area contributed by atoms with Crippen LogP contribution in [-0.2, 0) is 4.74 Å². The second-order valence-corrected chi connectivity index (χ2v) is 7.24. The maximum atomic E-state index is 5.14. The van der Waals surface area contributed by atoms with Gasteiger partial charge in [0, 0.05) is 32.3 Å². The van der Waals surface area contributed by atoms with Crippen LogP contribution in [-0.4, -0.2) is 50.3 Å². The van der Waals surface area contributed by atoms with Gasteiger partial charge in [0.25, 0.3) is 0 Å². The Kier molecular flexibility index (Phi) is 6.79. The predicted molar refractivity (Wildman–Crippen MR) is 85.1 cm³/mol. The standard InChI is InChI=1S/C17H34N2O/c1-14-11-15(2)13-17(12-14)18-16-5-8-19(9-6-16)7-4-10-20-3/h14-18H,4-13H2,1-3H3. The molecule has 0 spiro atoms. The van der Waals surface area contributed by atoms with Gasteiger partial charge in [-0.05, 0) is 63.5 Å². The molecular formula is C17H34N2O. The summed E-state index contributed by atoms with van der Waals surface area (Å²) in [5.41, 5.74) is 0. The average molecular weight is 282 g/mol. The number of nitrogens with one attached hydrogen (secondary N) is 1. The van der Waals surface area contributed by atoms with Crippen molar-refractivity contribution in [2.24, 2.45) is 11.8 Å². The molecule has 118 valence electrons. The zero-order valence-corrected chi connectivity index (χ0v) is 13.7. The summed E-state index contributed by atoms with van der Waals surface area (Å²) < 4.78 is 5.14. The third-order valence-electron chi connectivity index (χ3n) is 5.06. The molecule has 0 amide bonds. The van der Waals surface area contributed by atoms with E-state index >= 15 is 0 Å². The quantitative estimate of drug-likeness (QED) is 0.758. The van der Waals surface area contributed by atoms with Crippen LogP contribution in [0.4, 0.5) is 0 Å². The molecular weight excluding hydrogens is 248 g/mol. The van der Waals surface area contributed by atoms with Gasteiger partial charge in [0.15, 0.2) is 0 Å². The van der Waals surface area contributed by atoms with Crippen LogP contribution in [0.1, 0.15) is 52.4 Å². The number of piperidine rings is 1. The maximum Gasteiger partial charge on any atom is 0.0474 e. The van der Waals surface area contributed by atoms with E-state index < -0.39 is 0 Å². The fourth-order valence-corrected chi connectivity index (χ4v) is 4.17. The van der Waals surface area contributed by atoms with E-state index in [1.165, 1.54) is 58.2 Å². The fourth-order valence-electron chi connectivity index (χ4n) is 4.17. The molecule has 0 aromatic heterocycles. The lowest BCUT2D eigenvalue weighted by atomic mass is 9.80. The van der Waals surface area contributed by atoms with Crippen molar-refractivity contribution in [2.75, 3.05) is 33.4 Å². The van der Waals surface area contributed by atoms with Gasteiger partial charge in [-0.2, -0.15) is 0 Å². The summed E-state index contributed by atoms with van der Waals surface area (Å²) in [6.45, 7) is 9.47. The maximum absolute atomic E-state index is 5.14. The Morgan fingerprint density at radius 1 is 1.00 bits per heavy atom. The number of hydrogen-bond acceptors (Lipinski definition) is 3. The van der Waals surface area contributed by atoms with Gasteiger partial charge in [0.2, 0.25) is 0 Å². The molecule has 1 N–H and O–H groups in total. The summed E-state index contributed by atoms with van der Waals surface area (Å²) in [5.74, 6) is 1.82. The van der Waals surface area contributed by atoms with Crippen LogP contribution < -0.4 is 5.32 Å². The second kappa shape index (κ2) is 8.35. The van der Waals surface area contributed by atoms with E-state index in [9.17, 15) is 0 Å². The molecule has 0 aromatic carbocycles. The highest BCUT2D eigenvalue weighted by molar-refractivity contribution is 4.85. The van der Waals surface area contributed by atoms with E-state index in [1.54, 1.807) is 7.11 Å². The lowest BCUT2D eigenvalue weighted by molar-refractivity contribution is 0.143. The van der Waals surface area contributed by atoms with Crippen LogP contribution >= 0.6 is 0 Å². The summed E-state index contributed by atoms with van der Waals surface area (Å²) in [7, 11) is 1.79. The smallest absolute Gasteiger partial charge is 0.0474 e. The summed E-state index contributed by atoms with van der Waals surface area (Å²) in [6.07, 6.45) is 8.03. The first-order valence-corrected chi connectivity index (χ1v) is 8.64. The van der Waals surface area contributed by atoms with Crippen molar-refractivity contribution in [2.45, 2.75) is 64.5 Å². The van der Waals surface area contributed by atoms with Gasteiger partial charge in [-0.15, -0.1) is 0 Å². The van der Waals surface area contributed by atoms with Gasteiger partial charge in [-0.1, -0.05) is 13.8 Å². The molecule has 2 aliphatic rings. The third-order valence-corrected chi connectivity index (χ3v) is 5.06. The highest BCUT2D eigenvalue weighted by Crippen LogP contribution is 2.29. The molecule has 1 aliphatic heterocycles. The SMILES string of the molecule is COCCCN1CCC(NC2CC(C)CC(C)C2)CC1. The fraction of sp³-hybridized carbons (Fsp3) is 1.00. The third kappa shape index (κ3) is 5.34. The van der Waals surface area contributed by atoms with Crippen LogP contribution in [0, 0.1) is 11.8 Å². The molecule has 1 heterocycles. The van der Waals surface area contributed by atoms with Crippen LogP contribution in [0.2, 0.25) is 0 Å². The monoisotopic (exact) mass is 282 g/mol. The van der Waals surface area contributed by atoms with Crippen molar-refractivity contribution in [1.29, 1.82) is 0 Å². The van der Waals surface area contributed by atoms with E-state index in [0.29, 0.717) is 0 Å². The number of likely N-dealkylation sites (tertiary alicyclic amines) is 1. The van der Waals surface area contributed by atoms with Crippen molar-refractivity contribution in [3.05, 3.63) is 0 Å². The molecule has 2 rings (SSSR count). The lowest BCUT2D eigenvalue weighted by Gasteiger charge is -2.38. The molecule has 0 radical (unpaired) electrons. The van der Waals surface area contributed by atoms with Gasteiger partial charge >= 0.3 is 0 Å². The van der Waals surface area contributed by atoms with Crippen molar-refractivity contribution in [3.8, 4) is 0 Å². The highest BCUT2D eigenvalue weighted by Gasteiger charge is 2.27. The number of methoxy groups -OCH3 is 1. The second-order valence-electron chi connectivity index (χ2n) is 7.24. The Bertz CT molecular complexity index is 254. The van der Waals surface area contributed by atoms with Crippen LogP contribution in [0.15, 0.2) is 0 Å². The van der Waals surface area contributed by atoms with Gasteiger partial charge in [0.1, 0.15) is 0 Å². The molecule has 0 bridgehead atoms. The number of hydrogen-bond donors (Lipinski definition) is 1. The van der Waals surface area contributed by atoms with Crippen LogP contribution in [0.3, 0.4) is 0 Å². The molecule has 0 aromatic rings. The molecule has 2 atom stereocenters. The minimum atomic E-state index is 0.760. The zero-order chi connectivity index (χ0) is 14.4. The molecule has 1 saturated heterocycles. The summed E-state index contributed by atoms with van der Waals surface area (Å²) in [6, 6.07) is 1.54. The average Bonchev–Trinajstić information content (AvgIpc) is 2.40. The van der Waals surface area contributed by atoms with E-state index in [0.717, 1.165) is 30.5 Å². The molecule has 1 saturated carbocycles. The highest BCUT2D eigenvalue weighted by atomic mass is 16.5. The Morgan fingerprint density at radius 3 is 2.25 bits per heavy atom. The van der Waals surface area contributed by atoms with Crippen LogP contribution in [0.25, 0.3) is 0 Å². The Hall–Kier alpha value is -0.120. The summed E-state index contributed by atoms with van der Waals surface area (Å²) in [4.78, 5) is 2.60. The Labute approximate surface area is 125 Å². The Balaban J connectivity index is 1.64. The van der Waals surface area contributed by atoms with Crippen LogP contribution in [0.5, 0.6) is 0 Å². The van der Waals surface area contributed by atoms with Crippen molar-refractivity contribution in [1.82, 2.24) is 10.2 Å². The largest absolute Gasteiger partial charge is 0.385 e. The first-order valence-electron chi connectivity index (χ1n) is 8.64. The van der Waals surface area contributed by atoms with Gasteiger partial charge in [-0.3, -0.25) is 0 Å².